The van der Waals surface area contributed by atoms with Crippen LogP contribution in [0.3, 0.4) is 0 Å². The van der Waals surface area contributed by atoms with E-state index >= 15 is 0 Å². The minimum Gasteiger partial charge on any atom is -0.495 e. The Morgan fingerprint density at radius 2 is 1.96 bits per heavy atom. The summed E-state index contributed by atoms with van der Waals surface area (Å²) in [6.45, 7) is 8.78. The van der Waals surface area contributed by atoms with Crippen molar-refractivity contribution in [2.75, 3.05) is 25.1 Å². The Hall–Kier alpha value is -2.24. The summed E-state index contributed by atoms with van der Waals surface area (Å²) in [4.78, 5) is 26.6. The van der Waals surface area contributed by atoms with Crippen molar-refractivity contribution >= 4 is 17.5 Å². The zero-order valence-electron chi connectivity index (χ0n) is 15.8. The normalized spacial score (nSPS) is 18.6. The van der Waals surface area contributed by atoms with Gasteiger partial charge in [0.1, 0.15) is 11.8 Å². The third kappa shape index (κ3) is 4.87. The van der Waals surface area contributed by atoms with E-state index in [-0.39, 0.29) is 17.9 Å². The molecule has 2 rings (SSSR count). The molecule has 6 nitrogen and oxygen atoms in total. The number of amides is 2. The lowest BCUT2D eigenvalue weighted by Gasteiger charge is -2.23. The van der Waals surface area contributed by atoms with E-state index in [4.69, 9.17) is 4.74 Å². The number of benzene rings is 1. The molecule has 1 aliphatic heterocycles. The second-order valence-corrected chi connectivity index (χ2v) is 7.56. The maximum atomic E-state index is 12.4. The van der Waals surface area contributed by atoms with E-state index in [1.807, 2.05) is 45.0 Å². The molecular weight excluding hydrogens is 318 g/mol. The summed E-state index contributed by atoms with van der Waals surface area (Å²) in [6.07, 6.45) is 0.865. The van der Waals surface area contributed by atoms with E-state index in [1.54, 1.807) is 14.0 Å². The summed E-state index contributed by atoms with van der Waals surface area (Å²) in [5.41, 5.74) is 0.526. The van der Waals surface area contributed by atoms with Gasteiger partial charge in [-0.2, -0.15) is 0 Å². The predicted molar refractivity (Wildman–Crippen MR) is 98.8 cm³/mol. The van der Waals surface area contributed by atoms with Crippen LogP contribution in [-0.4, -0.2) is 44.1 Å². The first-order valence-electron chi connectivity index (χ1n) is 8.71. The van der Waals surface area contributed by atoms with Gasteiger partial charge in [0.15, 0.2) is 0 Å². The molecule has 0 aromatic heterocycles. The molecule has 25 heavy (non-hydrogen) atoms. The first kappa shape index (κ1) is 19.1. The van der Waals surface area contributed by atoms with Crippen LogP contribution in [0, 0.1) is 5.41 Å². The quantitative estimate of drug-likeness (QED) is 0.854. The highest BCUT2D eigenvalue weighted by Gasteiger charge is 2.29. The van der Waals surface area contributed by atoms with E-state index < -0.39 is 11.5 Å². The maximum absolute atomic E-state index is 12.4. The lowest BCUT2D eigenvalue weighted by Crippen LogP contribution is -2.51. The number of carbonyl (C=O) groups is 2. The van der Waals surface area contributed by atoms with Crippen molar-refractivity contribution in [3.63, 3.8) is 0 Å². The predicted octanol–water partition coefficient (Wildman–Crippen LogP) is 1.94. The molecule has 1 saturated heterocycles. The highest BCUT2D eigenvalue weighted by atomic mass is 16.5. The number of nitrogens with zero attached hydrogens (tertiary/aromatic N) is 1. The number of ether oxygens (including phenoxy) is 1. The molecule has 1 aromatic rings. The van der Waals surface area contributed by atoms with E-state index in [0.29, 0.717) is 0 Å². The molecule has 138 valence electrons. The van der Waals surface area contributed by atoms with Gasteiger partial charge in [0.25, 0.3) is 0 Å². The number of hydrogen-bond acceptors (Lipinski definition) is 4. The van der Waals surface area contributed by atoms with E-state index in [2.05, 4.69) is 15.5 Å². The Morgan fingerprint density at radius 1 is 1.28 bits per heavy atom. The summed E-state index contributed by atoms with van der Waals surface area (Å²) in [6, 6.07) is 7.39. The van der Waals surface area contributed by atoms with Crippen molar-refractivity contribution in [1.82, 2.24) is 10.6 Å². The van der Waals surface area contributed by atoms with Gasteiger partial charge < -0.3 is 20.3 Å². The average molecular weight is 347 g/mol. The Labute approximate surface area is 149 Å². The zero-order valence-corrected chi connectivity index (χ0v) is 15.8. The second kappa shape index (κ2) is 7.76. The van der Waals surface area contributed by atoms with Gasteiger partial charge in [-0.05, 0) is 25.5 Å². The number of nitrogens with one attached hydrogen (secondary N) is 2. The van der Waals surface area contributed by atoms with Crippen molar-refractivity contribution in [1.29, 1.82) is 0 Å². The van der Waals surface area contributed by atoms with Crippen LogP contribution in [0.5, 0.6) is 5.75 Å². The van der Waals surface area contributed by atoms with Gasteiger partial charge in [0, 0.05) is 24.5 Å². The van der Waals surface area contributed by atoms with Gasteiger partial charge in [-0.15, -0.1) is 0 Å². The molecule has 2 unspecified atom stereocenters. The molecule has 1 fully saturated rings. The molecule has 1 aromatic carbocycles. The van der Waals surface area contributed by atoms with Crippen LogP contribution < -0.4 is 20.3 Å². The van der Waals surface area contributed by atoms with Crippen LogP contribution in [0.15, 0.2) is 24.3 Å². The molecule has 6 heteroatoms. The molecule has 0 saturated carbocycles. The van der Waals surface area contributed by atoms with Gasteiger partial charge in [-0.3, -0.25) is 9.59 Å². The number of hydrogen-bond donors (Lipinski definition) is 2. The fourth-order valence-corrected chi connectivity index (χ4v) is 2.79. The summed E-state index contributed by atoms with van der Waals surface area (Å²) in [5, 5.41) is 5.81. The van der Waals surface area contributed by atoms with Crippen molar-refractivity contribution in [2.24, 2.45) is 5.41 Å². The minimum atomic E-state index is -0.549. The largest absolute Gasteiger partial charge is 0.495 e. The van der Waals surface area contributed by atoms with E-state index in [1.165, 1.54) is 0 Å². The SMILES string of the molecule is COc1ccccc1N1CCC(NC(=O)C(C)NC(=O)C(C)(C)C)C1. The minimum absolute atomic E-state index is 0.0615. The van der Waals surface area contributed by atoms with Crippen LogP contribution in [0.1, 0.15) is 34.1 Å². The van der Waals surface area contributed by atoms with Crippen molar-refractivity contribution in [3.8, 4) is 5.75 Å². The van der Waals surface area contributed by atoms with Gasteiger partial charge in [-0.1, -0.05) is 32.9 Å². The Kier molecular flexibility index (Phi) is 5.93. The fraction of sp³-hybridized carbons (Fsp3) is 0.579. The molecule has 2 amide bonds. The van der Waals surface area contributed by atoms with Crippen molar-refractivity contribution in [2.45, 2.75) is 46.2 Å². The smallest absolute Gasteiger partial charge is 0.242 e. The Balaban J connectivity index is 1.90. The first-order valence-corrected chi connectivity index (χ1v) is 8.71. The topological polar surface area (TPSA) is 70.7 Å². The molecule has 0 aliphatic carbocycles. The second-order valence-electron chi connectivity index (χ2n) is 7.56. The summed E-state index contributed by atoms with van der Waals surface area (Å²) < 4.78 is 5.41. The van der Waals surface area contributed by atoms with Gasteiger partial charge in [-0.25, -0.2) is 0 Å². The lowest BCUT2D eigenvalue weighted by molar-refractivity contribution is -0.133. The van der Waals surface area contributed by atoms with Gasteiger partial charge in [0.05, 0.1) is 12.8 Å². The Morgan fingerprint density at radius 3 is 2.60 bits per heavy atom. The van der Waals surface area contributed by atoms with E-state index in [0.717, 1.165) is 30.9 Å². The third-order valence-corrected chi connectivity index (χ3v) is 4.38. The van der Waals surface area contributed by atoms with Crippen LogP contribution >= 0.6 is 0 Å². The number of methoxy groups -OCH3 is 1. The van der Waals surface area contributed by atoms with Gasteiger partial charge in [0.2, 0.25) is 11.8 Å². The zero-order chi connectivity index (χ0) is 18.6. The number of anilines is 1. The summed E-state index contributed by atoms with van der Waals surface area (Å²) in [5.74, 6) is 0.557. The van der Waals surface area contributed by atoms with Crippen LogP contribution in [0.4, 0.5) is 5.69 Å². The van der Waals surface area contributed by atoms with Crippen molar-refractivity contribution in [3.05, 3.63) is 24.3 Å². The number of rotatable bonds is 5. The average Bonchev–Trinajstić information content (AvgIpc) is 3.02. The monoisotopic (exact) mass is 347 g/mol. The summed E-state index contributed by atoms with van der Waals surface area (Å²) >= 11 is 0. The molecule has 2 atom stereocenters. The van der Waals surface area contributed by atoms with Gasteiger partial charge >= 0.3 is 0 Å². The summed E-state index contributed by atoms with van der Waals surface area (Å²) in [7, 11) is 1.66. The maximum Gasteiger partial charge on any atom is 0.242 e. The van der Waals surface area contributed by atoms with Crippen LogP contribution in [0.2, 0.25) is 0 Å². The highest BCUT2D eigenvalue weighted by Crippen LogP contribution is 2.30. The number of carbonyl (C=O) groups excluding carboxylic acids is 2. The Bertz CT molecular complexity index is 625. The standard InChI is InChI=1S/C19H29N3O3/c1-13(20-18(24)19(2,3)4)17(23)21-14-10-11-22(12-14)15-8-6-7-9-16(15)25-5/h6-9,13-14H,10-12H2,1-5H3,(H,20,24)(H,21,23). The van der Waals surface area contributed by atoms with Crippen molar-refractivity contribution < 1.29 is 14.3 Å². The fourth-order valence-electron chi connectivity index (χ4n) is 2.79. The van der Waals surface area contributed by atoms with Crippen LogP contribution in [0.25, 0.3) is 0 Å². The van der Waals surface area contributed by atoms with E-state index in [9.17, 15) is 9.59 Å². The van der Waals surface area contributed by atoms with Crippen LogP contribution in [-0.2, 0) is 9.59 Å². The molecule has 2 N–H and O–H groups in total. The first-order chi connectivity index (χ1) is 11.7. The lowest BCUT2D eigenvalue weighted by atomic mass is 9.95. The molecule has 1 heterocycles. The molecule has 0 bridgehead atoms. The molecule has 0 radical (unpaired) electrons. The molecule has 0 spiro atoms. The molecule has 1 aliphatic rings. The number of para-hydroxylation sites is 2. The third-order valence-electron chi connectivity index (χ3n) is 4.38. The highest BCUT2D eigenvalue weighted by molar-refractivity contribution is 5.89. The molecular formula is C19H29N3O3.